The number of aromatic nitrogens is 1. The van der Waals surface area contributed by atoms with E-state index < -0.39 is 0 Å². The topological polar surface area (TPSA) is 82.8 Å². The van der Waals surface area contributed by atoms with E-state index in [9.17, 15) is 14.9 Å². The Morgan fingerprint density at radius 3 is 2.60 bits per heavy atom. The number of amides is 1. The van der Waals surface area contributed by atoms with Gasteiger partial charge in [-0.15, -0.1) is 0 Å². The molecule has 1 heterocycles. The molecule has 1 N–H and O–H groups in total. The molecular weight excluding hydrogens is 334 g/mol. The van der Waals surface area contributed by atoms with Gasteiger partial charge >= 0.3 is 0 Å². The van der Waals surface area contributed by atoms with Crippen LogP contribution in [0.3, 0.4) is 0 Å². The number of aryl methyl sites for hydroxylation is 1. The second kappa shape index (κ2) is 7.95. The average Bonchev–Trinajstić information content (AvgIpc) is 2.58. The maximum Gasteiger partial charge on any atom is 0.234 e. The van der Waals surface area contributed by atoms with Gasteiger partial charge in [0.2, 0.25) is 5.91 Å². The Balaban J connectivity index is 2.10. The van der Waals surface area contributed by atoms with E-state index in [1.54, 1.807) is 24.3 Å². The molecule has 1 aromatic heterocycles. The lowest BCUT2D eigenvalue weighted by molar-refractivity contribution is -0.113. The fourth-order valence-corrected chi connectivity index (χ4v) is 3.18. The van der Waals surface area contributed by atoms with Crippen molar-refractivity contribution in [1.29, 1.82) is 5.26 Å². The van der Waals surface area contributed by atoms with Crippen molar-refractivity contribution < 1.29 is 9.59 Å². The molecule has 1 amide bonds. The van der Waals surface area contributed by atoms with E-state index in [2.05, 4.69) is 16.4 Å². The van der Waals surface area contributed by atoms with Crippen molar-refractivity contribution in [3.63, 3.8) is 0 Å². The Hall–Kier alpha value is -2.65. The standard InChI is InChI=1S/C19H19N3O2S/c1-11-12(2)17(9-20)19(21-13(11)3)25-10-18(24)22-16-7-5-6-15(8-16)14(4)23/h5-8H,10H2,1-4H3,(H,22,24). The van der Waals surface area contributed by atoms with Crippen molar-refractivity contribution in [1.82, 2.24) is 4.98 Å². The molecule has 0 bridgehead atoms. The molecule has 25 heavy (non-hydrogen) atoms. The molecule has 5 nitrogen and oxygen atoms in total. The summed E-state index contributed by atoms with van der Waals surface area (Å²) in [5.41, 5.74) is 4.37. The second-order valence-corrected chi connectivity index (χ2v) is 6.68. The van der Waals surface area contributed by atoms with Crippen molar-refractivity contribution >= 4 is 29.1 Å². The number of anilines is 1. The van der Waals surface area contributed by atoms with Crippen LogP contribution in [0, 0.1) is 32.1 Å². The van der Waals surface area contributed by atoms with Gasteiger partial charge in [0.15, 0.2) is 5.78 Å². The third-order valence-electron chi connectivity index (χ3n) is 3.97. The number of nitrogens with zero attached hydrogens (tertiary/aromatic N) is 2. The first-order chi connectivity index (χ1) is 11.8. The summed E-state index contributed by atoms with van der Waals surface area (Å²) in [6.07, 6.45) is 0. The molecule has 0 spiro atoms. The molecule has 0 atom stereocenters. The fourth-order valence-electron chi connectivity index (χ4n) is 2.29. The van der Waals surface area contributed by atoms with Gasteiger partial charge in [-0.2, -0.15) is 5.26 Å². The summed E-state index contributed by atoms with van der Waals surface area (Å²) < 4.78 is 0. The van der Waals surface area contributed by atoms with E-state index in [-0.39, 0.29) is 17.4 Å². The summed E-state index contributed by atoms with van der Waals surface area (Å²) in [7, 11) is 0. The van der Waals surface area contributed by atoms with E-state index in [4.69, 9.17) is 0 Å². The minimum atomic E-state index is -0.215. The normalized spacial score (nSPS) is 10.2. The molecule has 0 aliphatic heterocycles. The summed E-state index contributed by atoms with van der Waals surface area (Å²) in [6.45, 7) is 7.19. The summed E-state index contributed by atoms with van der Waals surface area (Å²) in [6, 6.07) is 8.97. The van der Waals surface area contributed by atoms with Crippen LogP contribution in [0.5, 0.6) is 0 Å². The molecule has 2 aromatic rings. The van der Waals surface area contributed by atoms with Gasteiger partial charge < -0.3 is 5.32 Å². The molecule has 128 valence electrons. The Morgan fingerprint density at radius 1 is 1.24 bits per heavy atom. The number of carbonyl (C=O) groups is 2. The number of pyridine rings is 1. The number of thioether (sulfide) groups is 1. The van der Waals surface area contributed by atoms with Gasteiger partial charge in [0.05, 0.1) is 11.3 Å². The van der Waals surface area contributed by atoms with Crippen LogP contribution in [0.4, 0.5) is 5.69 Å². The number of Topliss-reactive ketones (excluding diaryl/α,β-unsaturated/α-hetero) is 1. The van der Waals surface area contributed by atoms with Gasteiger partial charge in [-0.3, -0.25) is 9.59 Å². The van der Waals surface area contributed by atoms with Crippen LogP contribution in [-0.2, 0) is 4.79 Å². The largest absolute Gasteiger partial charge is 0.325 e. The van der Waals surface area contributed by atoms with E-state index in [0.717, 1.165) is 16.8 Å². The van der Waals surface area contributed by atoms with Crippen molar-refractivity contribution in [3.8, 4) is 6.07 Å². The molecule has 0 saturated carbocycles. The lowest BCUT2D eigenvalue weighted by Crippen LogP contribution is -2.15. The number of carbonyl (C=O) groups excluding carboxylic acids is 2. The van der Waals surface area contributed by atoms with Crippen LogP contribution in [0.15, 0.2) is 29.3 Å². The molecule has 0 fully saturated rings. The highest BCUT2D eigenvalue weighted by Gasteiger charge is 2.14. The first-order valence-corrected chi connectivity index (χ1v) is 8.73. The SMILES string of the molecule is CC(=O)c1cccc(NC(=O)CSc2nc(C)c(C)c(C)c2C#N)c1. The number of hydrogen-bond donors (Lipinski definition) is 1. The molecule has 0 saturated heterocycles. The van der Waals surface area contributed by atoms with E-state index in [1.807, 2.05) is 20.8 Å². The number of rotatable bonds is 5. The summed E-state index contributed by atoms with van der Waals surface area (Å²) in [5.74, 6) is -0.139. The van der Waals surface area contributed by atoms with Gasteiger partial charge in [0.25, 0.3) is 0 Å². The Kier molecular flexibility index (Phi) is 5.94. The highest BCUT2D eigenvalue weighted by Crippen LogP contribution is 2.26. The van der Waals surface area contributed by atoms with Crippen LogP contribution in [0.1, 0.15) is 39.7 Å². The van der Waals surface area contributed by atoms with Gasteiger partial charge in [0, 0.05) is 16.9 Å². The maximum absolute atomic E-state index is 12.2. The first-order valence-electron chi connectivity index (χ1n) is 7.75. The molecular formula is C19H19N3O2S. The summed E-state index contributed by atoms with van der Waals surface area (Å²) >= 11 is 1.23. The summed E-state index contributed by atoms with van der Waals surface area (Å²) in [4.78, 5) is 28.0. The molecule has 0 unspecified atom stereocenters. The van der Waals surface area contributed by atoms with Crippen LogP contribution < -0.4 is 5.32 Å². The van der Waals surface area contributed by atoms with E-state index in [0.29, 0.717) is 21.8 Å². The van der Waals surface area contributed by atoms with Crippen molar-refractivity contribution in [2.45, 2.75) is 32.7 Å². The summed E-state index contributed by atoms with van der Waals surface area (Å²) in [5, 5.41) is 12.7. The van der Waals surface area contributed by atoms with Crippen LogP contribution in [0.2, 0.25) is 0 Å². The zero-order valence-electron chi connectivity index (χ0n) is 14.6. The van der Waals surface area contributed by atoms with Gasteiger partial charge in [-0.25, -0.2) is 4.98 Å². The molecule has 0 aliphatic rings. The number of nitrogens with one attached hydrogen (secondary N) is 1. The molecule has 0 radical (unpaired) electrons. The van der Waals surface area contributed by atoms with E-state index in [1.165, 1.54) is 18.7 Å². The van der Waals surface area contributed by atoms with Crippen molar-refractivity contribution in [2.24, 2.45) is 0 Å². The minimum Gasteiger partial charge on any atom is -0.325 e. The highest BCUT2D eigenvalue weighted by molar-refractivity contribution is 8.00. The molecule has 1 aromatic carbocycles. The van der Waals surface area contributed by atoms with E-state index >= 15 is 0 Å². The number of benzene rings is 1. The lowest BCUT2D eigenvalue weighted by atomic mass is 10.1. The van der Waals surface area contributed by atoms with Crippen molar-refractivity contribution in [2.75, 3.05) is 11.1 Å². The Labute approximate surface area is 151 Å². The fraction of sp³-hybridized carbons (Fsp3) is 0.263. The Morgan fingerprint density at radius 2 is 1.96 bits per heavy atom. The zero-order valence-corrected chi connectivity index (χ0v) is 15.5. The van der Waals surface area contributed by atoms with Crippen LogP contribution in [0.25, 0.3) is 0 Å². The third kappa shape index (κ3) is 4.46. The number of ketones is 1. The number of nitriles is 1. The third-order valence-corrected chi connectivity index (χ3v) is 4.94. The molecule has 0 aliphatic carbocycles. The average molecular weight is 353 g/mol. The lowest BCUT2D eigenvalue weighted by Gasteiger charge is -2.11. The van der Waals surface area contributed by atoms with Crippen molar-refractivity contribution in [3.05, 3.63) is 52.2 Å². The zero-order chi connectivity index (χ0) is 18.6. The second-order valence-electron chi connectivity index (χ2n) is 5.71. The number of hydrogen-bond acceptors (Lipinski definition) is 5. The highest BCUT2D eigenvalue weighted by atomic mass is 32.2. The molecule has 6 heteroatoms. The maximum atomic E-state index is 12.2. The van der Waals surface area contributed by atoms with Gasteiger partial charge in [-0.1, -0.05) is 23.9 Å². The smallest absolute Gasteiger partial charge is 0.234 e. The molecule has 2 rings (SSSR count). The minimum absolute atomic E-state index is 0.0565. The first kappa shape index (κ1) is 18.7. The predicted octanol–water partition coefficient (Wildman–Crippen LogP) is 3.81. The quantitative estimate of drug-likeness (QED) is 0.653. The predicted molar refractivity (Wildman–Crippen MR) is 99.0 cm³/mol. The van der Waals surface area contributed by atoms with Gasteiger partial charge in [0.1, 0.15) is 11.1 Å². The monoisotopic (exact) mass is 353 g/mol. The van der Waals surface area contributed by atoms with Crippen LogP contribution in [-0.4, -0.2) is 22.4 Å². The van der Waals surface area contributed by atoms with Gasteiger partial charge in [-0.05, 0) is 51.0 Å². The van der Waals surface area contributed by atoms with Crippen LogP contribution >= 0.6 is 11.8 Å². The Bertz CT molecular complexity index is 885.